The summed E-state index contributed by atoms with van der Waals surface area (Å²) in [5, 5.41) is 9.30. The number of sulfonamides is 1. The first-order valence-electron chi connectivity index (χ1n) is 5.19. The van der Waals surface area contributed by atoms with Crippen LogP contribution in [0.2, 0.25) is 0 Å². The van der Waals surface area contributed by atoms with E-state index in [-0.39, 0.29) is 4.90 Å². The van der Waals surface area contributed by atoms with E-state index >= 15 is 0 Å². The van der Waals surface area contributed by atoms with Gasteiger partial charge in [0.05, 0.1) is 12.0 Å². The molecule has 0 bridgehead atoms. The van der Waals surface area contributed by atoms with Gasteiger partial charge in [-0.3, -0.25) is 0 Å². The van der Waals surface area contributed by atoms with Gasteiger partial charge < -0.3 is 9.84 Å². The lowest BCUT2D eigenvalue weighted by molar-refractivity contribution is -0.149. The van der Waals surface area contributed by atoms with E-state index in [1.807, 2.05) is 0 Å². The van der Waals surface area contributed by atoms with Gasteiger partial charge in [0.15, 0.2) is 6.10 Å². The van der Waals surface area contributed by atoms with Crippen molar-refractivity contribution in [1.29, 1.82) is 0 Å². The van der Waals surface area contributed by atoms with Gasteiger partial charge in [0.25, 0.3) is 0 Å². The van der Waals surface area contributed by atoms with Crippen LogP contribution < -0.4 is 4.72 Å². The van der Waals surface area contributed by atoms with Crippen LogP contribution >= 0.6 is 0 Å². The Bertz CT molecular complexity index is 526. The molecule has 1 aromatic rings. The molecule has 6 nitrogen and oxygen atoms in total. The number of carbonyl (C=O) groups excluding carboxylic acids is 1. The summed E-state index contributed by atoms with van der Waals surface area (Å²) in [5.41, 5.74) is 0.581. The van der Waals surface area contributed by atoms with Crippen molar-refractivity contribution in [2.24, 2.45) is 0 Å². The van der Waals surface area contributed by atoms with Gasteiger partial charge in [0.1, 0.15) is 0 Å². The summed E-state index contributed by atoms with van der Waals surface area (Å²) >= 11 is 0. The molecule has 1 aromatic carbocycles. The Morgan fingerprint density at radius 3 is 2.61 bits per heavy atom. The number of methoxy groups -OCH3 is 1. The molecule has 0 saturated carbocycles. The monoisotopic (exact) mass is 273 g/mol. The molecule has 1 unspecified atom stereocenters. The summed E-state index contributed by atoms with van der Waals surface area (Å²) in [5.74, 6) is -0.887. The second kappa shape index (κ2) is 5.94. The Balaban J connectivity index is 2.78. The molecule has 0 aliphatic rings. The van der Waals surface area contributed by atoms with Crippen molar-refractivity contribution in [1.82, 2.24) is 4.72 Å². The molecule has 100 valence electrons. The molecule has 0 amide bonds. The molecular weight excluding hydrogens is 258 g/mol. The molecule has 0 heterocycles. The summed E-state index contributed by atoms with van der Waals surface area (Å²) in [4.78, 5) is 11.0. The highest BCUT2D eigenvalue weighted by Crippen LogP contribution is 2.13. The predicted octanol–water partition coefficient (Wildman–Crippen LogP) is -0.193. The van der Waals surface area contributed by atoms with Crippen molar-refractivity contribution in [2.45, 2.75) is 17.9 Å². The maximum atomic E-state index is 11.9. The normalized spacial score (nSPS) is 13.1. The fourth-order valence-corrected chi connectivity index (χ4v) is 2.63. The third-order valence-corrected chi connectivity index (χ3v) is 3.91. The highest BCUT2D eigenvalue weighted by atomic mass is 32.2. The summed E-state index contributed by atoms with van der Waals surface area (Å²) in [6.45, 7) is 1.23. The summed E-state index contributed by atoms with van der Waals surface area (Å²) < 4.78 is 30.2. The van der Waals surface area contributed by atoms with Gasteiger partial charge in [-0.05, 0) is 18.6 Å². The van der Waals surface area contributed by atoms with E-state index in [1.165, 1.54) is 6.07 Å². The number of nitrogens with one attached hydrogen (secondary N) is 1. The molecule has 0 aliphatic heterocycles. The van der Waals surface area contributed by atoms with E-state index in [0.717, 1.165) is 7.11 Å². The average Bonchev–Trinajstić information content (AvgIpc) is 2.35. The van der Waals surface area contributed by atoms with Crippen LogP contribution in [0, 0.1) is 6.92 Å². The molecule has 0 aliphatic carbocycles. The number of rotatable bonds is 5. The van der Waals surface area contributed by atoms with E-state index in [2.05, 4.69) is 9.46 Å². The molecule has 1 atom stereocenters. The zero-order valence-corrected chi connectivity index (χ0v) is 10.9. The lowest BCUT2D eigenvalue weighted by Gasteiger charge is -2.11. The maximum Gasteiger partial charge on any atom is 0.336 e. The number of esters is 1. The first kappa shape index (κ1) is 14.6. The topological polar surface area (TPSA) is 92.7 Å². The number of carbonyl (C=O) groups is 1. The SMILES string of the molecule is COC(=O)C(O)CNS(=O)(=O)c1ccccc1C. The minimum absolute atomic E-state index is 0.113. The van der Waals surface area contributed by atoms with Gasteiger partial charge in [-0.1, -0.05) is 18.2 Å². The number of aliphatic hydroxyl groups is 1. The van der Waals surface area contributed by atoms with Gasteiger partial charge >= 0.3 is 5.97 Å². The summed E-state index contributed by atoms with van der Waals surface area (Å²) in [6.07, 6.45) is -1.52. The van der Waals surface area contributed by atoms with Gasteiger partial charge in [-0.25, -0.2) is 17.9 Å². The Kier molecular flexibility index (Phi) is 4.83. The second-order valence-electron chi connectivity index (χ2n) is 3.66. The zero-order valence-electron chi connectivity index (χ0n) is 10.1. The van der Waals surface area contributed by atoms with E-state index in [0.29, 0.717) is 5.56 Å². The van der Waals surface area contributed by atoms with Crippen LogP contribution in [0.3, 0.4) is 0 Å². The highest BCUT2D eigenvalue weighted by Gasteiger charge is 2.21. The lowest BCUT2D eigenvalue weighted by Crippen LogP contribution is -2.37. The largest absolute Gasteiger partial charge is 0.467 e. The quantitative estimate of drug-likeness (QED) is 0.725. The van der Waals surface area contributed by atoms with Crippen molar-refractivity contribution >= 4 is 16.0 Å². The van der Waals surface area contributed by atoms with Crippen molar-refractivity contribution < 1.29 is 23.1 Å². The van der Waals surface area contributed by atoms with Gasteiger partial charge in [0, 0.05) is 6.54 Å². The second-order valence-corrected chi connectivity index (χ2v) is 5.39. The molecule has 0 radical (unpaired) electrons. The van der Waals surface area contributed by atoms with Crippen LogP contribution in [0.1, 0.15) is 5.56 Å². The van der Waals surface area contributed by atoms with Crippen molar-refractivity contribution in [3.05, 3.63) is 29.8 Å². The molecule has 2 N–H and O–H groups in total. The molecule has 1 rings (SSSR count). The minimum atomic E-state index is -3.75. The van der Waals surface area contributed by atoms with Crippen molar-refractivity contribution in [3.63, 3.8) is 0 Å². The first-order chi connectivity index (χ1) is 8.38. The molecule has 0 fully saturated rings. The average molecular weight is 273 g/mol. The molecule has 7 heteroatoms. The maximum absolute atomic E-state index is 11.9. The van der Waals surface area contributed by atoms with Crippen LogP contribution in [0.25, 0.3) is 0 Å². The van der Waals surface area contributed by atoms with E-state index in [9.17, 15) is 18.3 Å². The standard InChI is InChI=1S/C11H15NO5S/c1-8-5-3-4-6-10(8)18(15,16)12-7-9(13)11(14)17-2/h3-6,9,12-13H,7H2,1-2H3. The van der Waals surface area contributed by atoms with E-state index in [1.54, 1.807) is 25.1 Å². The fraction of sp³-hybridized carbons (Fsp3) is 0.364. The van der Waals surface area contributed by atoms with Crippen LogP contribution in [0.4, 0.5) is 0 Å². The molecule has 18 heavy (non-hydrogen) atoms. The summed E-state index contributed by atoms with van der Waals surface area (Å²) in [7, 11) is -2.63. The zero-order chi connectivity index (χ0) is 13.8. The summed E-state index contributed by atoms with van der Waals surface area (Å²) in [6, 6.07) is 6.42. The highest BCUT2D eigenvalue weighted by molar-refractivity contribution is 7.89. The van der Waals surface area contributed by atoms with Crippen LogP contribution in [-0.4, -0.2) is 39.3 Å². The van der Waals surface area contributed by atoms with Crippen LogP contribution in [0.5, 0.6) is 0 Å². The van der Waals surface area contributed by atoms with Gasteiger partial charge in [-0.2, -0.15) is 0 Å². The molecule has 0 saturated heterocycles. The predicted molar refractivity (Wildman–Crippen MR) is 64.4 cm³/mol. The Labute approximate surface area is 106 Å². The minimum Gasteiger partial charge on any atom is -0.467 e. The molecule has 0 aromatic heterocycles. The Morgan fingerprint density at radius 2 is 2.06 bits per heavy atom. The van der Waals surface area contributed by atoms with Crippen LogP contribution in [-0.2, 0) is 19.6 Å². The number of aliphatic hydroxyl groups excluding tert-OH is 1. The Morgan fingerprint density at radius 1 is 1.44 bits per heavy atom. The van der Waals surface area contributed by atoms with Crippen LogP contribution in [0.15, 0.2) is 29.2 Å². The van der Waals surface area contributed by atoms with Crippen molar-refractivity contribution in [3.8, 4) is 0 Å². The van der Waals surface area contributed by atoms with Gasteiger partial charge in [-0.15, -0.1) is 0 Å². The first-order valence-corrected chi connectivity index (χ1v) is 6.68. The third-order valence-electron chi connectivity index (χ3n) is 2.32. The molecular formula is C11H15NO5S. The molecule has 0 spiro atoms. The van der Waals surface area contributed by atoms with Gasteiger partial charge in [0.2, 0.25) is 10.0 Å². The Hall–Kier alpha value is -1.44. The number of hydrogen-bond acceptors (Lipinski definition) is 5. The number of hydrogen-bond donors (Lipinski definition) is 2. The number of benzene rings is 1. The fourth-order valence-electron chi connectivity index (χ4n) is 1.34. The van der Waals surface area contributed by atoms with Crippen molar-refractivity contribution in [2.75, 3.05) is 13.7 Å². The lowest BCUT2D eigenvalue weighted by atomic mass is 10.2. The van der Waals surface area contributed by atoms with E-state index < -0.39 is 28.6 Å². The van der Waals surface area contributed by atoms with E-state index in [4.69, 9.17) is 0 Å². The smallest absolute Gasteiger partial charge is 0.336 e. The third kappa shape index (κ3) is 3.52. The number of aryl methyl sites for hydroxylation is 1. The number of ether oxygens (including phenoxy) is 1.